The Morgan fingerprint density at radius 2 is 0.930 bits per heavy atom. The molecule has 3 aromatic carbocycles. The highest BCUT2D eigenvalue weighted by Gasteiger charge is 2.21. The van der Waals surface area contributed by atoms with Gasteiger partial charge in [-0.2, -0.15) is 15.0 Å². The number of carbonyl (C=O) groups excluding carboxylic acids is 3. The number of rotatable bonds is 10. The lowest BCUT2D eigenvalue weighted by Gasteiger charge is -2.17. The molecule has 0 saturated carbocycles. The van der Waals surface area contributed by atoms with Crippen molar-refractivity contribution in [1.82, 2.24) is 13.7 Å². The predicted octanol–water partition coefficient (Wildman–Crippen LogP) is 3.72. The molecule has 216 valence electrons. The van der Waals surface area contributed by atoms with Crippen LogP contribution in [0.4, 0.5) is 0 Å². The maximum Gasteiger partial charge on any atom is 0.345 e. The van der Waals surface area contributed by atoms with Crippen LogP contribution in [-0.4, -0.2) is 31.9 Å². The fourth-order valence-corrected chi connectivity index (χ4v) is 4.70. The maximum atomic E-state index is 14.0. The van der Waals surface area contributed by atoms with Gasteiger partial charge in [-0.05, 0) is 73.4 Å². The summed E-state index contributed by atoms with van der Waals surface area (Å²) >= 11 is 0. The molecule has 3 atom stereocenters. The first-order valence-electron chi connectivity index (χ1n) is 13.3. The zero-order valence-corrected chi connectivity index (χ0v) is 23.5. The van der Waals surface area contributed by atoms with Crippen molar-refractivity contribution in [3.63, 3.8) is 0 Å². The molecule has 12 heteroatoms. The highest BCUT2D eigenvalue weighted by atomic mass is 16.2. The van der Waals surface area contributed by atoms with Gasteiger partial charge < -0.3 is 0 Å². The molecule has 0 fully saturated rings. The van der Waals surface area contributed by atoms with Gasteiger partial charge in [0, 0.05) is 0 Å². The molecule has 0 saturated heterocycles. The normalized spacial score (nSPS) is 12.6. The summed E-state index contributed by atoms with van der Waals surface area (Å²) < 4.78 is 2.53. The lowest BCUT2D eigenvalue weighted by molar-refractivity contribution is 0.555. The van der Waals surface area contributed by atoms with Crippen LogP contribution in [0, 0.1) is 0 Å². The third kappa shape index (κ3) is 6.12. The third-order valence-corrected chi connectivity index (χ3v) is 6.97. The molecule has 0 spiro atoms. The lowest BCUT2D eigenvalue weighted by atomic mass is 10.0. The van der Waals surface area contributed by atoms with E-state index in [1.54, 1.807) is 62.4 Å². The van der Waals surface area contributed by atoms with Crippen molar-refractivity contribution in [2.45, 2.75) is 45.3 Å². The smallest absolute Gasteiger partial charge is 0.246 e. The Hall–Kier alpha value is -5.79. The van der Waals surface area contributed by atoms with Crippen LogP contribution < -0.4 is 17.1 Å². The van der Waals surface area contributed by atoms with Gasteiger partial charge >= 0.3 is 17.1 Å². The number of benzene rings is 3. The van der Waals surface area contributed by atoms with Crippen LogP contribution in [0.1, 0.15) is 62.0 Å². The Kier molecular flexibility index (Phi) is 9.30. The largest absolute Gasteiger partial charge is 0.345 e. The molecule has 3 unspecified atom stereocenters. The quantitative estimate of drug-likeness (QED) is 0.206. The van der Waals surface area contributed by atoms with Gasteiger partial charge in [0.1, 0.15) is 0 Å². The Labute approximate surface area is 244 Å². The van der Waals surface area contributed by atoms with Crippen LogP contribution in [0.5, 0.6) is 0 Å². The van der Waals surface area contributed by atoms with E-state index in [4.69, 9.17) is 0 Å². The molecule has 0 bridgehead atoms. The van der Waals surface area contributed by atoms with Crippen LogP contribution >= 0.6 is 0 Å². The number of nitrogens with zero attached hydrogens (tertiary/aromatic N) is 6. The van der Waals surface area contributed by atoms with E-state index >= 15 is 0 Å². The second kappa shape index (κ2) is 13.2. The molecule has 0 aliphatic heterocycles. The second-order valence-corrected chi connectivity index (χ2v) is 9.58. The average molecular weight is 579 g/mol. The number of aromatic nitrogens is 3. The summed E-state index contributed by atoms with van der Waals surface area (Å²) in [5.41, 5.74) is -0.840. The van der Waals surface area contributed by atoms with Gasteiger partial charge in [0.2, 0.25) is 18.2 Å². The van der Waals surface area contributed by atoms with Crippen molar-refractivity contribution in [2.24, 2.45) is 15.0 Å². The highest BCUT2D eigenvalue weighted by molar-refractivity contribution is 5.44. The summed E-state index contributed by atoms with van der Waals surface area (Å²) in [4.78, 5) is 86.0. The van der Waals surface area contributed by atoms with Crippen molar-refractivity contribution in [3.05, 3.63) is 121 Å². The van der Waals surface area contributed by atoms with E-state index in [2.05, 4.69) is 15.0 Å². The van der Waals surface area contributed by atoms with Gasteiger partial charge in [0.05, 0.1) is 35.2 Å². The highest BCUT2D eigenvalue weighted by Crippen LogP contribution is 2.23. The summed E-state index contributed by atoms with van der Waals surface area (Å²) in [5, 5.41) is 0. The minimum atomic E-state index is -0.952. The first kappa shape index (κ1) is 30.2. The van der Waals surface area contributed by atoms with Crippen molar-refractivity contribution in [1.29, 1.82) is 0 Å². The first-order chi connectivity index (χ1) is 20.7. The summed E-state index contributed by atoms with van der Waals surface area (Å²) in [5.74, 6) is 0. The van der Waals surface area contributed by atoms with Crippen LogP contribution in [-0.2, 0) is 14.4 Å². The molecule has 43 heavy (non-hydrogen) atoms. The molecule has 12 nitrogen and oxygen atoms in total. The minimum absolute atomic E-state index is 0.131. The van der Waals surface area contributed by atoms with Gasteiger partial charge in [-0.25, -0.2) is 42.5 Å². The van der Waals surface area contributed by atoms with Gasteiger partial charge in [-0.15, -0.1) is 0 Å². The fourth-order valence-electron chi connectivity index (χ4n) is 4.70. The van der Waals surface area contributed by atoms with E-state index in [1.807, 2.05) is 6.92 Å². The van der Waals surface area contributed by atoms with Crippen molar-refractivity contribution in [3.8, 4) is 17.1 Å². The number of hydrogen-bond acceptors (Lipinski definition) is 9. The summed E-state index contributed by atoms with van der Waals surface area (Å²) in [6.45, 7) is 5.12. The molecule has 0 amide bonds. The fraction of sp³-hybridized carbons (Fsp3) is 0.226. The Balaban J connectivity index is 2.10. The summed E-state index contributed by atoms with van der Waals surface area (Å²) in [6.07, 6.45) is 5.00. The summed E-state index contributed by atoms with van der Waals surface area (Å²) in [7, 11) is 0. The number of aliphatic imine (C=N–C) groups is 3. The Bertz CT molecular complexity index is 1900. The molecule has 0 N–H and O–H groups in total. The SMILES string of the molecule is CCC(N=C=O)c1cccc(-n2c(=O)n(-c3cccc(C(C)N=C=O)c3)c(=O)n(-c3cccc(C(C)N=C=O)c3)c2=O)c1. The van der Waals surface area contributed by atoms with Crippen LogP contribution in [0.2, 0.25) is 0 Å². The van der Waals surface area contributed by atoms with Crippen LogP contribution in [0.25, 0.3) is 17.1 Å². The third-order valence-electron chi connectivity index (χ3n) is 6.97. The van der Waals surface area contributed by atoms with Gasteiger partial charge in [-0.3, -0.25) is 0 Å². The van der Waals surface area contributed by atoms with E-state index < -0.39 is 35.2 Å². The van der Waals surface area contributed by atoms with Crippen LogP contribution in [0.15, 0.2) is 102 Å². The molecular formula is C31H26N6O6. The molecule has 4 rings (SSSR count). The predicted molar refractivity (Wildman–Crippen MR) is 157 cm³/mol. The number of isocyanates is 3. The summed E-state index contributed by atoms with van der Waals surface area (Å²) in [6, 6.07) is 17.2. The van der Waals surface area contributed by atoms with Gasteiger partial charge in [0.25, 0.3) is 0 Å². The molecule has 0 aliphatic rings. The number of hydrogen-bond donors (Lipinski definition) is 0. The zero-order valence-electron chi connectivity index (χ0n) is 23.5. The van der Waals surface area contributed by atoms with E-state index in [9.17, 15) is 28.8 Å². The standard InChI is InChI=1S/C31H26N6O6/c1-4-28(34-19-40)24-10-7-13-27(16-24)37-30(42)35(25-11-5-8-22(14-25)20(2)32-17-38)29(41)36(31(37)43)26-12-6-9-23(15-26)21(3)33-18-39/h5-16,20-21,28H,4H2,1-3H3. The molecule has 1 aromatic heterocycles. The molecule has 0 radical (unpaired) electrons. The van der Waals surface area contributed by atoms with Crippen molar-refractivity contribution in [2.75, 3.05) is 0 Å². The Morgan fingerprint density at radius 1 is 0.581 bits per heavy atom. The van der Waals surface area contributed by atoms with E-state index in [-0.39, 0.29) is 17.1 Å². The molecule has 1 heterocycles. The zero-order chi connectivity index (χ0) is 31.1. The van der Waals surface area contributed by atoms with Crippen molar-refractivity contribution < 1.29 is 14.4 Å². The second-order valence-electron chi connectivity index (χ2n) is 9.58. The van der Waals surface area contributed by atoms with E-state index in [1.165, 1.54) is 42.5 Å². The topological polar surface area (TPSA) is 154 Å². The van der Waals surface area contributed by atoms with Gasteiger partial charge in [0.15, 0.2) is 0 Å². The average Bonchev–Trinajstić information content (AvgIpc) is 3.00. The Morgan fingerprint density at radius 3 is 1.28 bits per heavy atom. The van der Waals surface area contributed by atoms with Crippen LogP contribution in [0.3, 0.4) is 0 Å². The monoisotopic (exact) mass is 578 g/mol. The first-order valence-corrected chi connectivity index (χ1v) is 13.3. The van der Waals surface area contributed by atoms with E-state index in [0.717, 1.165) is 13.7 Å². The minimum Gasteiger partial charge on any atom is -0.246 e. The van der Waals surface area contributed by atoms with Crippen molar-refractivity contribution >= 4 is 18.2 Å². The van der Waals surface area contributed by atoms with Gasteiger partial charge in [-0.1, -0.05) is 43.3 Å². The molecule has 0 aliphatic carbocycles. The van der Waals surface area contributed by atoms with E-state index in [0.29, 0.717) is 23.1 Å². The maximum absolute atomic E-state index is 14.0. The lowest BCUT2D eigenvalue weighted by Crippen LogP contribution is -2.52. The molecular weight excluding hydrogens is 552 g/mol. The molecule has 4 aromatic rings.